The topological polar surface area (TPSA) is 55.8 Å². The van der Waals surface area contributed by atoms with E-state index in [1.54, 1.807) is 29.2 Å². The summed E-state index contributed by atoms with van der Waals surface area (Å²) in [5.74, 6) is 0.0954. The van der Waals surface area contributed by atoms with Crippen molar-refractivity contribution in [3.05, 3.63) is 24.3 Å². The maximum Gasteiger partial charge on any atom is 0.322 e. The number of urea groups is 1. The Morgan fingerprint density at radius 1 is 1.28 bits per heavy atom. The molecule has 5 heteroatoms. The number of carbonyl (C=O) groups excluding carboxylic acids is 1. The van der Waals surface area contributed by atoms with E-state index in [0.717, 1.165) is 32.7 Å². The van der Waals surface area contributed by atoms with Crippen molar-refractivity contribution in [1.29, 1.82) is 0 Å². The Balaban J connectivity index is 1.91. The van der Waals surface area contributed by atoms with Crippen molar-refractivity contribution in [3.8, 4) is 5.75 Å². The minimum atomic E-state index is -0.146. The molecule has 0 aromatic heterocycles. The fourth-order valence-corrected chi connectivity index (χ4v) is 2.04. The molecule has 1 aliphatic heterocycles. The number of piperazine rings is 1. The van der Waals surface area contributed by atoms with Gasteiger partial charge in [-0.3, -0.25) is 0 Å². The van der Waals surface area contributed by atoms with E-state index < -0.39 is 0 Å². The van der Waals surface area contributed by atoms with Crippen LogP contribution in [0.1, 0.15) is 6.92 Å². The van der Waals surface area contributed by atoms with Crippen LogP contribution in [0.4, 0.5) is 10.5 Å². The van der Waals surface area contributed by atoms with Gasteiger partial charge in [-0.2, -0.15) is 0 Å². The Morgan fingerprint density at radius 3 is 2.56 bits per heavy atom. The molecule has 2 N–H and O–H groups in total. The lowest BCUT2D eigenvalue weighted by Crippen LogP contribution is -2.49. The highest BCUT2D eigenvalue weighted by molar-refractivity contribution is 5.90. The second-order valence-electron chi connectivity index (χ2n) is 4.37. The zero-order valence-electron chi connectivity index (χ0n) is 10.6. The first-order valence-corrected chi connectivity index (χ1v) is 6.27. The molecule has 98 valence electrons. The molecule has 0 saturated carbocycles. The maximum atomic E-state index is 12.0. The average molecular weight is 249 g/mol. The second-order valence-corrected chi connectivity index (χ2v) is 4.37. The van der Waals surface area contributed by atoms with Crippen LogP contribution in [0.2, 0.25) is 0 Å². The number of rotatable bonds is 2. The van der Waals surface area contributed by atoms with Gasteiger partial charge in [0, 0.05) is 26.2 Å². The zero-order valence-corrected chi connectivity index (χ0v) is 10.6. The average Bonchev–Trinajstić information content (AvgIpc) is 2.41. The van der Waals surface area contributed by atoms with Crippen molar-refractivity contribution in [1.82, 2.24) is 9.80 Å². The number of para-hydroxylation sites is 2. The smallest absolute Gasteiger partial charge is 0.322 e. The molecule has 1 saturated heterocycles. The predicted octanol–water partition coefficient (Wildman–Crippen LogP) is 1.56. The van der Waals surface area contributed by atoms with Crippen molar-refractivity contribution >= 4 is 11.7 Å². The summed E-state index contributed by atoms with van der Waals surface area (Å²) in [5, 5.41) is 12.3. The molecule has 1 aromatic rings. The molecule has 0 unspecified atom stereocenters. The van der Waals surface area contributed by atoms with Gasteiger partial charge in [0.15, 0.2) is 0 Å². The number of phenols is 1. The molecule has 0 bridgehead atoms. The molecule has 1 heterocycles. The third kappa shape index (κ3) is 2.92. The number of carbonyl (C=O) groups is 1. The lowest BCUT2D eigenvalue weighted by atomic mass is 10.3. The number of nitrogens with one attached hydrogen (secondary N) is 1. The van der Waals surface area contributed by atoms with Crippen LogP contribution in [0.5, 0.6) is 5.75 Å². The molecule has 0 aliphatic carbocycles. The highest BCUT2D eigenvalue weighted by atomic mass is 16.3. The van der Waals surface area contributed by atoms with Crippen LogP contribution in [0.25, 0.3) is 0 Å². The van der Waals surface area contributed by atoms with Gasteiger partial charge in [0.25, 0.3) is 0 Å². The quantitative estimate of drug-likeness (QED) is 0.782. The van der Waals surface area contributed by atoms with E-state index in [2.05, 4.69) is 17.1 Å². The second kappa shape index (κ2) is 5.73. The van der Waals surface area contributed by atoms with Crippen LogP contribution in [-0.2, 0) is 0 Å². The van der Waals surface area contributed by atoms with Crippen molar-refractivity contribution in [2.75, 3.05) is 38.0 Å². The summed E-state index contributed by atoms with van der Waals surface area (Å²) in [7, 11) is 0. The Kier molecular flexibility index (Phi) is 4.04. The Bertz CT molecular complexity index is 414. The van der Waals surface area contributed by atoms with E-state index in [9.17, 15) is 9.90 Å². The fraction of sp³-hybridized carbons (Fsp3) is 0.462. The zero-order chi connectivity index (χ0) is 13.0. The summed E-state index contributed by atoms with van der Waals surface area (Å²) in [5.41, 5.74) is 0.459. The maximum absolute atomic E-state index is 12.0. The lowest BCUT2D eigenvalue weighted by molar-refractivity contribution is 0.151. The van der Waals surface area contributed by atoms with Crippen molar-refractivity contribution < 1.29 is 9.90 Å². The number of anilines is 1. The molecule has 18 heavy (non-hydrogen) atoms. The fourth-order valence-electron chi connectivity index (χ4n) is 2.04. The summed E-state index contributed by atoms with van der Waals surface area (Å²) in [6.45, 7) is 6.42. The van der Waals surface area contributed by atoms with Gasteiger partial charge in [0.1, 0.15) is 5.75 Å². The van der Waals surface area contributed by atoms with E-state index in [1.807, 2.05) is 0 Å². The van der Waals surface area contributed by atoms with E-state index in [1.165, 1.54) is 0 Å². The van der Waals surface area contributed by atoms with Crippen LogP contribution in [-0.4, -0.2) is 53.7 Å². The third-order valence-corrected chi connectivity index (χ3v) is 3.25. The summed E-state index contributed by atoms with van der Waals surface area (Å²) in [6, 6.07) is 6.61. The van der Waals surface area contributed by atoms with Crippen molar-refractivity contribution in [3.63, 3.8) is 0 Å². The Hall–Kier alpha value is -1.75. The number of hydrogen-bond donors (Lipinski definition) is 2. The van der Waals surface area contributed by atoms with Gasteiger partial charge in [-0.25, -0.2) is 4.79 Å². The molecule has 0 radical (unpaired) electrons. The Labute approximate surface area is 107 Å². The highest BCUT2D eigenvalue weighted by Crippen LogP contribution is 2.21. The summed E-state index contributed by atoms with van der Waals surface area (Å²) in [6.07, 6.45) is 0. The predicted molar refractivity (Wildman–Crippen MR) is 70.8 cm³/mol. The highest BCUT2D eigenvalue weighted by Gasteiger charge is 2.20. The van der Waals surface area contributed by atoms with Crippen LogP contribution in [0.15, 0.2) is 24.3 Å². The number of nitrogens with zero attached hydrogens (tertiary/aromatic N) is 2. The van der Waals surface area contributed by atoms with Crippen LogP contribution in [0.3, 0.4) is 0 Å². The van der Waals surface area contributed by atoms with Gasteiger partial charge in [0.2, 0.25) is 0 Å². The number of phenolic OH excluding ortho intramolecular Hbond substituents is 1. The third-order valence-electron chi connectivity index (χ3n) is 3.25. The van der Waals surface area contributed by atoms with E-state index in [-0.39, 0.29) is 11.8 Å². The molecule has 2 rings (SSSR count). The van der Waals surface area contributed by atoms with Gasteiger partial charge in [0.05, 0.1) is 5.69 Å². The molecule has 1 fully saturated rings. The van der Waals surface area contributed by atoms with Gasteiger partial charge >= 0.3 is 6.03 Å². The summed E-state index contributed by atoms with van der Waals surface area (Å²) >= 11 is 0. The van der Waals surface area contributed by atoms with Gasteiger partial charge in [-0.1, -0.05) is 19.1 Å². The number of amides is 2. The number of benzene rings is 1. The minimum Gasteiger partial charge on any atom is -0.506 e. The van der Waals surface area contributed by atoms with Gasteiger partial charge < -0.3 is 20.2 Å². The van der Waals surface area contributed by atoms with E-state index in [4.69, 9.17) is 0 Å². The molecule has 1 aromatic carbocycles. The number of hydrogen-bond acceptors (Lipinski definition) is 3. The van der Waals surface area contributed by atoms with Gasteiger partial charge in [-0.15, -0.1) is 0 Å². The van der Waals surface area contributed by atoms with Crippen LogP contribution >= 0.6 is 0 Å². The lowest BCUT2D eigenvalue weighted by Gasteiger charge is -2.34. The molecular weight excluding hydrogens is 230 g/mol. The first kappa shape index (κ1) is 12.7. The number of aromatic hydroxyl groups is 1. The number of likely N-dealkylation sites (N-methyl/N-ethyl adjacent to an activating group) is 1. The molecular formula is C13H19N3O2. The van der Waals surface area contributed by atoms with Gasteiger partial charge in [-0.05, 0) is 18.7 Å². The van der Waals surface area contributed by atoms with Crippen molar-refractivity contribution in [2.24, 2.45) is 0 Å². The summed E-state index contributed by atoms with van der Waals surface area (Å²) < 4.78 is 0. The molecule has 2 amide bonds. The molecule has 0 spiro atoms. The largest absolute Gasteiger partial charge is 0.506 e. The molecule has 0 atom stereocenters. The van der Waals surface area contributed by atoms with Crippen molar-refractivity contribution in [2.45, 2.75) is 6.92 Å². The van der Waals surface area contributed by atoms with E-state index >= 15 is 0 Å². The van der Waals surface area contributed by atoms with E-state index in [0.29, 0.717) is 5.69 Å². The normalized spacial score (nSPS) is 16.6. The monoisotopic (exact) mass is 249 g/mol. The SMILES string of the molecule is CCN1CCN(C(=O)Nc2ccccc2O)CC1. The first-order valence-electron chi connectivity index (χ1n) is 6.27. The molecule has 1 aliphatic rings. The summed E-state index contributed by atoms with van der Waals surface area (Å²) in [4.78, 5) is 16.1. The van der Waals surface area contributed by atoms with Crippen LogP contribution < -0.4 is 5.32 Å². The standard InChI is InChI=1S/C13H19N3O2/c1-2-15-7-9-16(10-8-15)13(18)14-11-5-3-4-6-12(11)17/h3-6,17H,2,7-10H2,1H3,(H,14,18). The first-order chi connectivity index (χ1) is 8.70. The molecule has 5 nitrogen and oxygen atoms in total. The van der Waals surface area contributed by atoms with Crippen LogP contribution in [0, 0.1) is 0 Å². The Morgan fingerprint density at radius 2 is 1.94 bits per heavy atom. The minimum absolute atomic E-state index is 0.0954.